The number of hydrogen-bond acceptors (Lipinski definition) is 5. The number of fused-ring (bicyclic) bond motifs is 1. The lowest BCUT2D eigenvalue weighted by Gasteiger charge is -2.14. The number of nitrogens with one attached hydrogen (secondary N) is 1. The molecule has 0 unspecified atom stereocenters. The Morgan fingerprint density at radius 2 is 2.12 bits per heavy atom. The number of benzene rings is 1. The van der Waals surface area contributed by atoms with Crippen molar-refractivity contribution in [3.8, 4) is 0 Å². The van der Waals surface area contributed by atoms with Crippen LogP contribution in [-0.4, -0.2) is 39.6 Å². The van der Waals surface area contributed by atoms with Crippen molar-refractivity contribution >= 4 is 17.4 Å². The zero-order valence-corrected chi connectivity index (χ0v) is 13.6. The molecule has 0 atom stereocenters. The molecule has 1 amide bonds. The zero-order chi connectivity index (χ0) is 17.3. The standard InChI is InChI=1S/C16H17FN6O/c1-10-6-7-18-16-20-14(21-23(10)16)15(24)19-9-11-4-5-13(22(2)3)12(17)8-11/h4-8H,9H2,1-3H3,(H,19,24). The zero-order valence-electron chi connectivity index (χ0n) is 13.6. The Balaban J connectivity index is 1.73. The van der Waals surface area contributed by atoms with Crippen LogP contribution in [0.5, 0.6) is 0 Å². The summed E-state index contributed by atoms with van der Waals surface area (Å²) in [5.74, 6) is -0.377. The van der Waals surface area contributed by atoms with E-state index in [-0.39, 0.29) is 18.2 Å². The maximum absolute atomic E-state index is 13.9. The van der Waals surface area contributed by atoms with Gasteiger partial charge in [-0.3, -0.25) is 4.79 Å². The first-order valence-corrected chi connectivity index (χ1v) is 7.38. The molecule has 0 spiro atoms. The highest BCUT2D eigenvalue weighted by Crippen LogP contribution is 2.18. The third kappa shape index (κ3) is 3.03. The maximum Gasteiger partial charge on any atom is 0.291 e. The molecule has 0 fully saturated rings. The predicted octanol–water partition coefficient (Wildman–Crippen LogP) is 1.57. The summed E-state index contributed by atoms with van der Waals surface area (Å²) in [5.41, 5.74) is 1.98. The summed E-state index contributed by atoms with van der Waals surface area (Å²) in [4.78, 5) is 22.0. The van der Waals surface area contributed by atoms with E-state index in [1.54, 1.807) is 43.4 Å². The molecule has 8 heteroatoms. The third-order valence-electron chi connectivity index (χ3n) is 3.58. The predicted molar refractivity (Wildman–Crippen MR) is 87.4 cm³/mol. The first-order valence-electron chi connectivity index (χ1n) is 7.38. The number of nitrogens with zero attached hydrogens (tertiary/aromatic N) is 5. The lowest BCUT2D eigenvalue weighted by Crippen LogP contribution is -2.24. The Labute approximate surface area is 138 Å². The van der Waals surface area contributed by atoms with Gasteiger partial charge in [-0.15, -0.1) is 5.10 Å². The summed E-state index contributed by atoms with van der Waals surface area (Å²) in [6.07, 6.45) is 1.61. The molecule has 7 nitrogen and oxygen atoms in total. The fourth-order valence-electron chi connectivity index (χ4n) is 2.29. The van der Waals surface area contributed by atoms with Crippen LogP contribution < -0.4 is 10.2 Å². The summed E-state index contributed by atoms with van der Waals surface area (Å²) in [5, 5.41) is 6.82. The molecule has 2 heterocycles. The van der Waals surface area contributed by atoms with Crippen LogP contribution in [0.15, 0.2) is 30.5 Å². The van der Waals surface area contributed by atoms with E-state index < -0.39 is 5.91 Å². The molecule has 3 aromatic rings. The summed E-state index contributed by atoms with van der Waals surface area (Å²) in [7, 11) is 3.54. The van der Waals surface area contributed by atoms with Gasteiger partial charge in [0.2, 0.25) is 5.82 Å². The normalized spacial score (nSPS) is 10.8. The molecule has 1 aromatic carbocycles. The molecule has 24 heavy (non-hydrogen) atoms. The molecule has 0 aliphatic heterocycles. The Morgan fingerprint density at radius 3 is 2.79 bits per heavy atom. The number of rotatable bonds is 4. The van der Waals surface area contributed by atoms with Crippen molar-refractivity contribution in [2.75, 3.05) is 19.0 Å². The number of halogens is 1. The minimum Gasteiger partial charge on any atom is -0.375 e. The van der Waals surface area contributed by atoms with Crippen LogP contribution in [0.25, 0.3) is 5.78 Å². The first-order chi connectivity index (χ1) is 11.5. The average molecular weight is 328 g/mol. The number of anilines is 1. The van der Waals surface area contributed by atoms with Crippen LogP contribution in [-0.2, 0) is 6.54 Å². The number of amides is 1. The van der Waals surface area contributed by atoms with E-state index in [0.29, 0.717) is 17.0 Å². The van der Waals surface area contributed by atoms with Crippen molar-refractivity contribution in [1.29, 1.82) is 0 Å². The van der Waals surface area contributed by atoms with Gasteiger partial charge in [-0.25, -0.2) is 13.9 Å². The minimum atomic E-state index is -0.433. The number of carbonyl (C=O) groups excluding carboxylic acids is 1. The van der Waals surface area contributed by atoms with E-state index >= 15 is 0 Å². The largest absolute Gasteiger partial charge is 0.375 e. The van der Waals surface area contributed by atoms with E-state index in [1.807, 2.05) is 6.92 Å². The van der Waals surface area contributed by atoms with Crippen molar-refractivity contribution in [3.05, 3.63) is 53.4 Å². The van der Waals surface area contributed by atoms with Gasteiger partial charge in [0, 0.05) is 32.5 Å². The van der Waals surface area contributed by atoms with Gasteiger partial charge in [0.15, 0.2) is 0 Å². The Bertz CT molecular complexity index is 905. The van der Waals surface area contributed by atoms with Gasteiger partial charge in [-0.1, -0.05) is 6.07 Å². The minimum absolute atomic E-state index is 0.0298. The molecule has 2 aromatic heterocycles. The molecule has 124 valence electrons. The van der Waals surface area contributed by atoms with Gasteiger partial charge < -0.3 is 10.2 Å². The van der Waals surface area contributed by atoms with Crippen LogP contribution in [0.2, 0.25) is 0 Å². The van der Waals surface area contributed by atoms with Crippen molar-refractivity contribution in [1.82, 2.24) is 24.9 Å². The lowest BCUT2D eigenvalue weighted by molar-refractivity contribution is 0.0940. The van der Waals surface area contributed by atoms with Gasteiger partial charge in [-0.05, 0) is 30.7 Å². The fourth-order valence-corrected chi connectivity index (χ4v) is 2.29. The Hall–Kier alpha value is -3.03. The number of aryl methyl sites for hydroxylation is 1. The summed E-state index contributed by atoms with van der Waals surface area (Å²) in [6.45, 7) is 2.03. The van der Waals surface area contributed by atoms with E-state index in [1.165, 1.54) is 10.6 Å². The van der Waals surface area contributed by atoms with Crippen LogP contribution in [0, 0.1) is 12.7 Å². The summed E-state index contributed by atoms with van der Waals surface area (Å²) >= 11 is 0. The second kappa shape index (κ2) is 6.23. The lowest BCUT2D eigenvalue weighted by atomic mass is 10.2. The van der Waals surface area contributed by atoms with E-state index in [2.05, 4.69) is 20.4 Å². The third-order valence-corrected chi connectivity index (χ3v) is 3.58. The monoisotopic (exact) mass is 328 g/mol. The molecular weight excluding hydrogens is 311 g/mol. The van der Waals surface area contributed by atoms with Gasteiger partial charge in [-0.2, -0.15) is 4.98 Å². The van der Waals surface area contributed by atoms with E-state index in [9.17, 15) is 9.18 Å². The molecule has 3 rings (SSSR count). The van der Waals surface area contributed by atoms with Crippen LogP contribution in [0.3, 0.4) is 0 Å². The number of aromatic nitrogens is 4. The second-order valence-corrected chi connectivity index (χ2v) is 5.60. The molecular formula is C16H17FN6O. The van der Waals surface area contributed by atoms with E-state index in [4.69, 9.17) is 0 Å². The highest BCUT2D eigenvalue weighted by atomic mass is 19.1. The number of hydrogen-bond donors (Lipinski definition) is 1. The van der Waals surface area contributed by atoms with Crippen molar-refractivity contribution < 1.29 is 9.18 Å². The number of carbonyl (C=O) groups is 1. The highest BCUT2D eigenvalue weighted by molar-refractivity contribution is 5.90. The van der Waals surface area contributed by atoms with Crippen molar-refractivity contribution in [2.45, 2.75) is 13.5 Å². The molecule has 0 saturated carbocycles. The molecule has 0 radical (unpaired) electrons. The maximum atomic E-state index is 13.9. The molecule has 0 saturated heterocycles. The summed E-state index contributed by atoms with van der Waals surface area (Å²) < 4.78 is 15.4. The smallest absolute Gasteiger partial charge is 0.291 e. The van der Waals surface area contributed by atoms with Gasteiger partial charge in [0.25, 0.3) is 11.7 Å². The first kappa shape index (κ1) is 15.9. The SMILES string of the molecule is Cc1ccnc2nc(C(=O)NCc3ccc(N(C)C)c(F)c3)nn12. The average Bonchev–Trinajstić information content (AvgIpc) is 2.98. The van der Waals surface area contributed by atoms with Crippen molar-refractivity contribution in [2.24, 2.45) is 0 Å². The van der Waals surface area contributed by atoms with Crippen molar-refractivity contribution in [3.63, 3.8) is 0 Å². The van der Waals surface area contributed by atoms with Gasteiger partial charge >= 0.3 is 0 Å². The molecule has 1 N–H and O–H groups in total. The molecule has 0 aliphatic rings. The fraction of sp³-hybridized carbons (Fsp3) is 0.250. The quantitative estimate of drug-likeness (QED) is 0.787. The van der Waals surface area contributed by atoms with Gasteiger partial charge in [0.05, 0.1) is 5.69 Å². The molecule has 0 aliphatic carbocycles. The highest BCUT2D eigenvalue weighted by Gasteiger charge is 2.14. The second-order valence-electron chi connectivity index (χ2n) is 5.60. The van der Waals surface area contributed by atoms with Crippen LogP contribution in [0.4, 0.5) is 10.1 Å². The Morgan fingerprint density at radius 1 is 1.33 bits per heavy atom. The summed E-state index contributed by atoms with van der Waals surface area (Å²) in [6, 6.07) is 6.62. The van der Waals surface area contributed by atoms with Crippen LogP contribution in [0.1, 0.15) is 21.9 Å². The van der Waals surface area contributed by atoms with Crippen LogP contribution >= 0.6 is 0 Å². The topological polar surface area (TPSA) is 75.4 Å². The Kier molecular flexibility index (Phi) is 4.11. The van der Waals surface area contributed by atoms with Gasteiger partial charge in [0.1, 0.15) is 5.82 Å². The molecule has 0 bridgehead atoms. The van der Waals surface area contributed by atoms with E-state index in [0.717, 1.165) is 5.69 Å².